The van der Waals surface area contributed by atoms with Crippen molar-refractivity contribution < 1.29 is 9.15 Å². The molecule has 4 nitrogen and oxygen atoms in total. The quantitative estimate of drug-likeness (QED) is 0.811. The Balaban J connectivity index is 1.86. The summed E-state index contributed by atoms with van der Waals surface area (Å²) >= 11 is 6.46. The van der Waals surface area contributed by atoms with Crippen LogP contribution in [0, 0.1) is 0 Å². The average molecular weight is 296 g/mol. The lowest BCUT2D eigenvalue weighted by atomic mass is 10.0. The summed E-state index contributed by atoms with van der Waals surface area (Å²) in [7, 11) is 0. The molecule has 0 amide bonds. The van der Waals surface area contributed by atoms with Crippen LogP contribution in [0.1, 0.15) is 37.1 Å². The van der Waals surface area contributed by atoms with Crippen LogP contribution in [0.4, 0.5) is 0 Å². The van der Waals surface area contributed by atoms with E-state index in [4.69, 9.17) is 20.8 Å². The Hall–Kier alpha value is -1.26. The molecule has 2 unspecified atom stereocenters. The number of hydrogen-bond donors (Lipinski definition) is 0. The zero-order chi connectivity index (χ0) is 14.1. The van der Waals surface area contributed by atoms with Crippen molar-refractivity contribution in [2.24, 2.45) is 0 Å². The first-order chi connectivity index (χ1) is 9.69. The predicted octanol–water partition coefficient (Wildman–Crippen LogP) is 3.46. The minimum absolute atomic E-state index is 0.113. The molecule has 0 N–H and O–H groups in total. The van der Waals surface area contributed by atoms with E-state index in [0.717, 1.165) is 36.9 Å². The van der Waals surface area contributed by atoms with Gasteiger partial charge in [0.15, 0.2) is 5.58 Å². The smallest absolute Gasteiger partial charge is 0.408 e. The molecular formula is C15H18ClNO3. The van der Waals surface area contributed by atoms with Crippen molar-refractivity contribution >= 4 is 22.7 Å². The minimum atomic E-state index is -0.315. The van der Waals surface area contributed by atoms with Crippen LogP contribution < -0.4 is 5.76 Å². The molecule has 5 heteroatoms. The molecule has 1 aliphatic rings. The molecule has 1 aliphatic heterocycles. The van der Waals surface area contributed by atoms with E-state index in [9.17, 15) is 4.79 Å². The van der Waals surface area contributed by atoms with Crippen molar-refractivity contribution in [3.63, 3.8) is 0 Å². The Kier molecular flexibility index (Phi) is 3.85. The molecule has 1 aromatic heterocycles. The molecule has 0 aliphatic carbocycles. The van der Waals surface area contributed by atoms with Crippen LogP contribution in [-0.2, 0) is 11.3 Å². The minimum Gasteiger partial charge on any atom is -0.408 e. The Morgan fingerprint density at radius 3 is 3.05 bits per heavy atom. The van der Waals surface area contributed by atoms with Crippen LogP contribution in [0.15, 0.2) is 27.4 Å². The molecule has 3 rings (SSSR count). The van der Waals surface area contributed by atoms with E-state index in [1.165, 1.54) is 0 Å². The maximum Gasteiger partial charge on any atom is 0.419 e. The fourth-order valence-electron chi connectivity index (χ4n) is 2.77. The standard InChI is InChI=1S/C15H18ClNO3/c1-2-17-13-6-5-10(8-14(13)20-15(17)18)12(16)9-11-4-3-7-19-11/h5-6,8,11-12H,2-4,7,9H2,1H3. The molecule has 2 heterocycles. The third kappa shape index (κ3) is 2.50. The van der Waals surface area contributed by atoms with E-state index >= 15 is 0 Å². The van der Waals surface area contributed by atoms with Gasteiger partial charge in [-0.15, -0.1) is 11.6 Å². The maximum absolute atomic E-state index is 11.7. The highest BCUT2D eigenvalue weighted by molar-refractivity contribution is 6.20. The lowest BCUT2D eigenvalue weighted by Crippen LogP contribution is -2.12. The van der Waals surface area contributed by atoms with Gasteiger partial charge in [-0.2, -0.15) is 0 Å². The van der Waals surface area contributed by atoms with E-state index in [1.54, 1.807) is 4.57 Å². The molecule has 0 spiro atoms. The summed E-state index contributed by atoms with van der Waals surface area (Å²) in [6.45, 7) is 3.36. The number of hydrogen-bond acceptors (Lipinski definition) is 3. The third-order valence-corrected chi connectivity index (χ3v) is 4.29. The summed E-state index contributed by atoms with van der Waals surface area (Å²) in [5, 5.41) is -0.113. The molecule has 20 heavy (non-hydrogen) atoms. The summed E-state index contributed by atoms with van der Waals surface area (Å²) < 4.78 is 12.5. The first-order valence-electron chi connectivity index (χ1n) is 7.08. The van der Waals surface area contributed by atoms with E-state index < -0.39 is 0 Å². The fraction of sp³-hybridized carbons (Fsp3) is 0.533. The molecule has 2 aromatic rings. The number of rotatable bonds is 4. The number of nitrogens with zero attached hydrogens (tertiary/aromatic N) is 1. The highest BCUT2D eigenvalue weighted by Gasteiger charge is 2.21. The SMILES string of the molecule is CCn1c(=O)oc2cc(C(Cl)CC3CCCO3)ccc21. The van der Waals surface area contributed by atoms with E-state index in [0.29, 0.717) is 12.1 Å². The van der Waals surface area contributed by atoms with Gasteiger partial charge < -0.3 is 9.15 Å². The fourth-order valence-corrected chi connectivity index (χ4v) is 3.11. The van der Waals surface area contributed by atoms with Gasteiger partial charge in [0, 0.05) is 13.2 Å². The molecule has 2 atom stereocenters. The monoisotopic (exact) mass is 295 g/mol. The second kappa shape index (κ2) is 5.62. The Morgan fingerprint density at radius 1 is 1.50 bits per heavy atom. The van der Waals surface area contributed by atoms with Gasteiger partial charge in [0.2, 0.25) is 0 Å². The number of halogens is 1. The van der Waals surface area contributed by atoms with Crippen molar-refractivity contribution in [2.45, 2.75) is 44.2 Å². The van der Waals surface area contributed by atoms with Gasteiger partial charge in [-0.05, 0) is 43.9 Å². The molecule has 0 radical (unpaired) electrons. The van der Waals surface area contributed by atoms with Gasteiger partial charge in [-0.1, -0.05) is 6.07 Å². The Morgan fingerprint density at radius 2 is 2.35 bits per heavy atom. The molecule has 1 fully saturated rings. The lowest BCUT2D eigenvalue weighted by molar-refractivity contribution is 0.103. The van der Waals surface area contributed by atoms with Crippen molar-refractivity contribution in [3.05, 3.63) is 34.3 Å². The van der Waals surface area contributed by atoms with E-state index in [1.807, 2.05) is 25.1 Å². The summed E-state index contributed by atoms with van der Waals surface area (Å²) in [5.74, 6) is -0.315. The second-order valence-corrected chi connectivity index (χ2v) is 5.70. The average Bonchev–Trinajstić information content (AvgIpc) is 3.04. The molecule has 108 valence electrons. The molecule has 0 saturated carbocycles. The number of ether oxygens (including phenoxy) is 1. The summed E-state index contributed by atoms with van der Waals surface area (Å²) in [4.78, 5) is 11.7. The highest BCUT2D eigenvalue weighted by atomic mass is 35.5. The van der Waals surface area contributed by atoms with E-state index in [-0.39, 0.29) is 17.2 Å². The first kappa shape index (κ1) is 13.7. The molecule has 1 saturated heterocycles. The van der Waals surface area contributed by atoms with Crippen LogP contribution in [0.2, 0.25) is 0 Å². The number of oxazole rings is 1. The lowest BCUT2D eigenvalue weighted by Gasteiger charge is -2.14. The number of aromatic nitrogens is 1. The number of benzene rings is 1. The normalized spacial score (nSPS) is 20.6. The van der Waals surface area contributed by atoms with Crippen molar-refractivity contribution in [2.75, 3.05) is 6.61 Å². The predicted molar refractivity (Wildman–Crippen MR) is 78.3 cm³/mol. The Bertz CT molecular complexity index is 655. The first-order valence-corrected chi connectivity index (χ1v) is 7.51. The summed E-state index contributed by atoms with van der Waals surface area (Å²) in [6.07, 6.45) is 3.24. The number of alkyl halides is 1. The van der Waals surface area contributed by atoms with Gasteiger partial charge in [0.25, 0.3) is 0 Å². The zero-order valence-electron chi connectivity index (χ0n) is 11.5. The Labute approximate surface area is 122 Å². The van der Waals surface area contributed by atoms with Crippen molar-refractivity contribution in [1.82, 2.24) is 4.57 Å². The number of aryl methyl sites for hydroxylation is 1. The van der Waals surface area contributed by atoms with Gasteiger partial charge in [-0.25, -0.2) is 4.79 Å². The van der Waals surface area contributed by atoms with Crippen LogP contribution >= 0.6 is 11.6 Å². The molecular weight excluding hydrogens is 278 g/mol. The number of fused-ring (bicyclic) bond motifs is 1. The topological polar surface area (TPSA) is 44.4 Å². The van der Waals surface area contributed by atoms with Crippen molar-refractivity contribution in [1.29, 1.82) is 0 Å². The van der Waals surface area contributed by atoms with Gasteiger partial charge in [0.05, 0.1) is 17.0 Å². The van der Waals surface area contributed by atoms with Crippen molar-refractivity contribution in [3.8, 4) is 0 Å². The second-order valence-electron chi connectivity index (χ2n) is 5.18. The third-order valence-electron chi connectivity index (χ3n) is 3.86. The maximum atomic E-state index is 11.7. The van der Waals surface area contributed by atoms with Crippen LogP contribution in [-0.4, -0.2) is 17.3 Å². The largest absolute Gasteiger partial charge is 0.419 e. The van der Waals surface area contributed by atoms with Crippen LogP contribution in [0.25, 0.3) is 11.1 Å². The van der Waals surface area contributed by atoms with Gasteiger partial charge >= 0.3 is 5.76 Å². The molecule has 1 aromatic carbocycles. The van der Waals surface area contributed by atoms with Gasteiger partial charge in [-0.3, -0.25) is 4.57 Å². The summed E-state index contributed by atoms with van der Waals surface area (Å²) in [5.41, 5.74) is 2.40. The molecule has 0 bridgehead atoms. The van der Waals surface area contributed by atoms with Crippen LogP contribution in [0.5, 0.6) is 0 Å². The summed E-state index contributed by atoms with van der Waals surface area (Å²) in [6, 6.07) is 5.75. The highest BCUT2D eigenvalue weighted by Crippen LogP contribution is 2.31. The zero-order valence-corrected chi connectivity index (χ0v) is 12.2. The van der Waals surface area contributed by atoms with E-state index in [2.05, 4.69) is 0 Å². The van der Waals surface area contributed by atoms with Crippen LogP contribution in [0.3, 0.4) is 0 Å². The van der Waals surface area contributed by atoms with Gasteiger partial charge in [0.1, 0.15) is 0 Å².